The number of carbonyl (C=O) groups excluding carboxylic acids is 1. The molecule has 0 atom stereocenters. The number of hydrogen-bond acceptors (Lipinski definition) is 6. The van der Waals surface area contributed by atoms with Crippen LogP contribution in [0.1, 0.15) is 17.3 Å². The number of ether oxygens (including phenoxy) is 3. The molecular weight excluding hydrogens is 272 g/mol. The zero-order valence-electron chi connectivity index (χ0n) is 11.8. The fourth-order valence-corrected chi connectivity index (χ4v) is 1.70. The first-order valence-electron chi connectivity index (χ1n) is 6.39. The Kier molecular flexibility index (Phi) is 4.61. The number of benzene rings is 1. The molecule has 0 aliphatic heterocycles. The fraction of sp³-hybridized carbons (Fsp3) is 0.200. The number of hydrogen-bond donors (Lipinski definition) is 1. The van der Waals surface area contributed by atoms with Crippen LogP contribution in [-0.4, -0.2) is 24.7 Å². The van der Waals surface area contributed by atoms with Crippen molar-refractivity contribution in [2.24, 2.45) is 0 Å². The van der Waals surface area contributed by atoms with E-state index < -0.39 is 5.97 Å². The average Bonchev–Trinajstić information content (AvgIpc) is 2.50. The average molecular weight is 288 g/mol. The minimum absolute atomic E-state index is 0.219. The molecule has 0 amide bonds. The van der Waals surface area contributed by atoms with Crippen molar-refractivity contribution in [2.75, 3.05) is 19.5 Å². The molecule has 21 heavy (non-hydrogen) atoms. The Labute approximate surface area is 122 Å². The van der Waals surface area contributed by atoms with Crippen LogP contribution in [0.4, 0.5) is 5.69 Å². The maximum atomic E-state index is 11.8. The number of carbonyl (C=O) groups is 1. The van der Waals surface area contributed by atoms with Crippen molar-refractivity contribution in [2.45, 2.75) is 6.92 Å². The smallest absolute Gasteiger partial charge is 0.340 e. The minimum Gasteiger partial charge on any atom is -0.493 e. The van der Waals surface area contributed by atoms with Crippen LogP contribution in [0.5, 0.6) is 17.4 Å². The number of nitrogen functional groups attached to an aromatic ring is 1. The molecule has 1 aromatic carbocycles. The summed E-state index contributed by atoms with van der Waals surface area (Å²) in [6.45, 7) is 1.99. The standard InChI is InChI=1S/C15H16N2O4/c1-3-20-15(18)10-8-14(17-9-11(10)16)21-13-7-5-4-6-12(13)19-2/h4-9H,3,16H2,1-2H3. The predicted molar refractivity (Wildman–Crippen MR) is 77.7 cm³/mol. The number of anilines is 1. The third-order valence-electron chi connectivity index (χ3n) is 2.69. The van der Waals surface area contributed by atoms with Crippen molar-refractivity contribution in [3.8, 4) is 17.4 Å². The second-order valence-electron chi connectivity index (χ2n) is 4.08. The second-order valence-corrected chi connectivity index (χ2v) is 4.08. The van der Waals surface area contributed by atoms with E-state index in [9.17, 15) is 4.79 Å². The lowest BCUT2D eigenvalue weighted by Gasteiger charge is -2.11. The van der Waals surface area contributed by atoms with Gasteiger partial charge in [-0.1, -0.05) is 12.1 Å². The summed E-state index contributed by atoms with van der Waals surface area (Å²) in [6.07, 6.45) is 1.36. The zero-order chi connectivity index (χ0) is 15.2. The third kappa shape index (κ3) is 3.42. The van der Waals surface area contributed by atoms with E-state index in [0.717, 1.165) is 0 Å². The van der Waals surface area contributed by atoms with Gasteiger partial charge in [0, 0.05) is 6.07 Å². The summed E-state index contributed by atoms with van der Waals surface area (Å²) in [7, 11) is 1.54. The summed E-state index contributed by atoms with van der Waals surface area (Å²) >= 11 is 0. The normalized spacial score (nSPS) is 10.0. The molecule has 2 N–H and O–H groups in total. The van der Waals surface area contributed by atoms with E-state index in [-0.39, 0.29) is 23.7 Å². The Balaban J connectivity index is 2.29. The summed E-state index contributed by atoms with van der Waals surface area (Å²) in [4.78, 5) is 15.8. The van der Waals surface area contributed by atoms with Gasteiger partial charge in [0.25, 0.3) is 0 Å². The molecule has 0 radical (unpaired) electrons. The molecule has 2 aromatic rings. The molecule has 6 heteroatoms. The van der Waals surface area contributed by atoms with Gasteiger partial charge in [-0.3, -0.25) is 0 Å². The van der Waals surface area contributed by atoms with Gasteiger partial charge >= 0.3 is 5.97 Å². The van der Waals surface area contributed by atoms with Gasteiger partial charge in [-0.2, -0.15) is 0 Å². The van der Waals surface area contributed by atoms with Gasteiger partial charge in [0.1, 0.15) is 0 Å². The van der Waals surface area contributed by atoms with Gasteiger partial charge in [0.05, 0.1) is 31.2 Å². The molecule has 0 spiro atoms. The predicted octanol–water partition coefficient (Wildman–Crippen LogP) is 2.64. The van der Waals surface area contributed by atoms with E-state index in [0.29, 0.717) is 11.5 Å². The van der Waals surface area contributed by atoms with Gasteiger partial charge in [-0.25, -0.2) is 9.78 Å². The minimum atomic E-state index is -0.512. The lowest BCUT2D eigenvalue weighted by atomic mass is 10.2. The lowest BCUT2D eigenvalue weighted by Crippen LogP contribution is -2.08. The van der Waals surface area contributed by atoms with E-state index >= 15 is 0 Å². The van der Waals surface area contributed by atoms with E-state index in [1.165, 1.54) is 12.3 Å². The lowest BCUT2D eigenvalue weighted by molar-refractivity contribution is 0.0527. The molecule has 110 valence electrons. The van der Waals surface area contributed by atoms with Crippen LogP contribution in [0.25, 0.3) is 0 Å². The second kappa shape index (κ2) is 6.60. The topological polar surface area (TPSA) is 83.7 Å². The molecule has 0 saturated carbocycles. The maximum Gasteiger partial charge on any atom is 0.340 e. The number of para-hydroxylation sites is 2. The Morgan fingerprint density at radius 3 is 2.67 bits per heavy atom. The largest absolute Gasteiger partial charge is 0.493 e. The Morgan fingerprint density at radius 1 is 1.29 bits per heavy atom. The van der Waals surface area contributed by atoms with Crippen molar-refractivity contribution < 1.29 is 19.0 Å². The summed E-state index contributed by atoms with van der Waals surface area (Å²) < 4.78 is 15.7. The molecule has 0 bridgehead atoms. The van der Waals surface area contributed by atoms with Gasteiger partial charge in [-0.05, 0) is 19.1 Å². The molecule has 2 rings (SSSR count). The Hall–Kier alpha value is -2.76. The summed E-state index contributed by atoms with van der Waals surface area (Å²) in [5.41, 5.74) is 6.18. The quantitative estimate of drug-likeness (QED) is 0.851. The number of methoxy groups -OCH3 is 1. The van der Waals surface area contributed by atoms with E-state index in [1.807, 2.05) is 6.07 Å². The van der Waals surface area contributed by atoms with Crippen LogP contribution in [0.3, 0.4) is 0 Å². The first-order chi connectivity index (χ1) is 10.2. The first-order valence-corrected chi connectivity index (χ1v) is 6.39. The maximum absolute atomic E-state index is 11.8. The summed E-state index contributed by atoms with van der Waals surface area (Å²) in [5, 5.41) is 0. The SMILES string of the molecule is CCOC(=O)c1cc(Oc2ccccc2OC)ncc1N. The van der Waals surface area contributed by atoms with Crippen LogP contribution in [0.15, 0.2) is 36.5 Å². The molecule has 6 nitrogen and oxygen atoms in total. The molecular formula is C15H16N2O4. The zero-order valence-corrected chi connectivity index (χ0v) is 11.8. The van der Waals surface area contributed by atoms with Crippen LogP contribution in [-0.2, 0) is 4.74 Å². The summed E-state index contributed by atoms with van der Waals surface area (Å²) in [5.74, 6) is 0.778. The number of nitrogens with two attached hydrogens (primary N) is 1. The summed E-state index contributed by atoms with van der Waals surface area (Å²) in [6, 6.07) is 8.58. The monoisotopic (exact) mass is 288 g/mol. The third-order valence-corrected chi connectivity index (χ3v) is 2.69. The van der Waals surface area contributed by atoms with Gasteiger partial charge in [0.2, 0.25) is 5.88 Å². The molecule has 0 unspecified atom stereocenters. The fourth-order valence-electron chi connectivity index (χ4n) is 1.70. The molecule has 0 fully saturated rings. The molecule has 0 saturated heterocycles. The van der Waals surface area contributed by atoms with Crippen molar-refractivity contribution in [3.05, 3.63) is 42.1 Å². The Bertz CT molecular complexity index is 643. The number of aromatic nitrogens is 1. The van der Waals surface area contributed by atoms with E-state index in [4.69, 9.17) is 19.9 Å². The highest BCUT2D eigenvalue weighted by molar-refractivity contribution is 5.95. The van der Waals surface area contributed by atoms with E-state index in [2.05, 4.69) is 4.98 Å². The Morgan fingerprint density at radius 2 is 2.00 bits per heavy atom. The number of esters is 1. The molecule has 0 aliphatic rings. The van der Waals surface area contributed by atoms with Crippen LogP contribution in [0, 0.1) is 0 Å². The number of pyridine rings is 1. The highest BCUT2D eigenvalue weighted by Crippen LogP contribution is 2.30. The van der Waals surface area contributed by atoms with Crippen LogP contribution in [0.2, 0.25) is 0 Å². The highest BCUT2D eigenvalue weighted by Gasteiger charge is 2.14. The first kappa shape index (κ1) is 14.6. The van der Waals surface area contributed by atoms with Crippen molar-refractivity contribution >= 4 is 11.7 Å². The molecule has 0 aliphatic carbocycles. The van der Waals surface area contributed by atoms with Crippen LogP contribution >= 0.6 is 0 Å². The number of nitrogens with zero attached hydrogens (tertiary/aromatic N) is 1. The highest BCUT2D eigenvalue weighted by atomic mass is 16.5. The van der Waals surface area contributed by atoms with Crippen LogP contribution < -0.4 is 15.2 Å². The van der Waals surface area contributed by atoms with Crippen molar-refractivity contribution in [1.82, 2.24) is 4.98 Å². The van der Waals surface area contributed by atoms with E-state index in [1.54, 1.807) is 32.2 Å². The van der Waals surface area contributed by atoms with Gasteiger partial charge < -0.3 is 19.9 Å². The van der Waals surface area contributed by atoms with Gasteiger partial charge in [0.15, 0.2) is 11.5 Å². The van der Waals surface area contributed by atoms with Crippen molar-refractivity contribution in [3.63, 3.8) is 0 Å². The van der Waals surface area contributed by atoms with Crippen molar-refractivity contribution in [1.29, 1.82) is 0 Å². The molecule has 1 aromatic heterocycles. The van der Waals surface area contributed by atoms with Gasteiger partial charge in [-0.15, -0.1) is 0 Å². The molecule has 1 heterocycles. The number of rotatable bonds is 5.